The molecule has 7 heteroatoms. The van der Waals surface area contributed by atoms with E-state index in [1.54, 1.807) is 12.1 Å². The summed E-state index contributed by atoms with van der Waals surface area (Å²) in [6.45, 7) is 6.52. The van der Waals surface area contributed by atoms with E-state index in [1.165, 1.54) is 18.4 Å². The van der Waals surface area contributed by atoms with Gasteiger partial charge in [-0.05, 0) is 38.1 Å². The number of nitrogens with two attached hydrogens (primary N) is 1. The summed E-state index contributed by atoms with van der Waals surface area (Å²) in [7, 11) is -3.17. The molecule has 6 nitrogen and oxygen atoms in total. The van der Waals surface area contributed by atoms with Gasteiger partial charge in [0.2, 0.25) is 0 Å². The van der Waals surface area contributed by atoms with Crippen LogP contribution in [0.4, 0.5) is 0 Å². The van der Waals surface area contributed by atoms with Crippen molar-refractivity contribution in [2.45, 2.75) is 18.7 Å². The Bertz CT molecular complexity index is 564. The van der Waals surface area contributed by atoms with Gasteiger partial charge in [-0.2, -0.15) is 0 Å². The van der Waals surface area contributed by atoms with Gasteiger partial charge in [-0.25, -0.2) is 13.4 Å². The second kappa shape index (κ2) is 7.87. The highest BCUT2D eigenvalue weighted by molar-refractivity contribution is 7.90. The first-order valence-corrected chi connectivity index (χ1v) is 8.75. The van der Waals surface area contributed by atoms with Crippen molar-refractivity contribution in [3.05, 3.63) is 24.3 Å². The fourth-order valence-electron chi connectivity index (χ4n) is 1.75. The van der Waals surface area contributed by atoms with Gasteiger partial charge < -0.3 is 15.4 Å². The first kappa shape index (κ1) is 17.3. The number of hydrogen-bond donors (Lipinski definition) is 1. The highest BCUT2D eigenvalue weighted by Crippen LogP contribution is 2.15. The first-order chi connectivity index (χ1) is 9.88. The molecule has 0 spiro atoms. The number of nitrogens with zero attached hydrogens (tertiary/aromatic N) is 2. The Morgan fingerprint density at radius 3 is 2.29 bits per heavy atom. The fourth-order valence-corrected chi connectivity index (χ4v) is 2.38. The summed E-state index contributed by atoms with van der Waals surface area (Å²) >= 11 is 0. The van der Waals surface area contributed by atoms with Crippen LogP contribution in [-0.4, -0.2) is 51.8 Å². The third kappa shape index (κ3) is 5.63. The van der Waals surface area contributed by atoms with Gasteiger partial charge in [-0.15, -0.1) is 0 Å². The summed E-state index contributed by atoms with van der Waals surface area (Å²) in [6, 6.07) is 6.32. The van der Waals surface area contributed by atoms with Gasteiger partial charge in [0.15, 0.2) is 15.8 Å². The predicted molar refractivity (Wildman–Crippen MR) is 84.5 cm³/mol. The minimum atomic E-state index is -3.17. The van der Waals surface area contributed by atoms with E-state index in [0.717, 1.165) is 13.1 Å². The smallest absolute Gasteiger partial charge is 0.191 e. The number of benzene rings is 1. The summed E-state index contributed by atoms with van der Waals surface area (Å²) in [5.74, 6) is 1.12. The van der Waals surface area contributed by atoms with E-state index in [2.05, 4.69) is 4.99 Å². The molecule has 0 aromatic heterocycles. The van der Waals surface area contributed by atoms with Gasteiger partial charge in [-0.1, -0.05) is 0 Å². The summed E-state index contributed by atoms with van der Waals surface area (Å²) in [4.78, 5) is 6.47. The molecule has 1 rings (SSSR count). The molecular formula is C14H23N3O3S. The SMILES string of the molecule is CCN(CC)C(N)=NCCOc1ccc(S(C)(=O)=O)cc1. The molecule has 0 aliphatic carbocycles. The Morgan fingerprint density at radius 2 is 1.81 bits per heavy atom. The Kier molecular flexibility index (Phi) is 6.48. The minimum Gasteiger partial charge on any atom is -0.492 e. The molecule has 0 saturated heterocycles. The van der Waals surface area contributed by atoms with Gasteiger partial charge in [0, 0.05) is 19.3 Å². The van der Waals surface area contributed by atoms with Gasteiger partial charge in [0.25, 0.3) is 0 Å². The number of rotatable bonds is 7. The average molecular weight is 313 g/mol. The molecule has 0 radical (unpaired) electrons. The van der Waals surface area contributed by atoms with Crippen LogP contribution in [0.25, 0.3) is 0 Å². The van der Waals surface area contributed by atoms with E-state index in [0.29, 0.717) is 24.9 Å². The minimum absolute atomic E-state index is 0.277. The zero-order valence-electron chi connectivity index (χ0n) is 12.7. The highest BCUT2D eigenvalue weighted by Gasteiger charge is 2.06. The molecule has 21 heavy (non-hydrogen) atoms. The van der Waals surface area contributed by atoms with Crippen LogP contribution >= 0.6 is 0 Å². The molecule has 0 aliphatic heterocycles. The van der Waals surface area contributed by atoms with Crippen molar-refractivity contribution < 1.29 is 13.2 Å². The lowest BCUT2D eigenvalue weighted by molar-refractivity contribution is 0.327. The van der Waals surface area contributed by atoms with Crippen molar-refractivity contribution in [3.63, 3.8) is 0 Å². The van der Waals surface area contributed by atoms with Crippen molar-refractivity contribution in [2.24, 2.45) is 10.7 Å². The maximum absolute atomic E-state index is 11.3. The fraction of sp³-hybridized carbons (Fsp3) is 0.500. The zero-order valence-corrected chi connectivity index (χ0v) is 13.6. The third-order valence-corrected chi connectivity index (χ3v) is 4.10. The van der Waals surface area contributed by atoms with Crippen LogP contribution in [0, 0.1) is 0 Å². The molecule has 0 atom stereocenters. The van der Waals surface area contributed by atoms with Crippen LogP contribution in [0.5, 0.6) is 5.75 Å². The van der Waals surface area contributed by atoms with Gasteiger partial charge in [0.1, 0.15) is 12.4 Å². The van der Waals surface area contributed by atoms with Crippen LogP contribution in [0.3, 0.4) is 0 Å². The van der Waals surface area contributed by atoms with Crippen LogP contribution in [0.1, 0.15) is 13.8 Å². The molecule has 1 aromatic carbocycles. The molecule has 0 amide bonds. The third-order valence-electron chi connectivity index (χ3n) is 2.97. The van der Waals surface area contributed by atoms with Gasteiger partial charge >= 0.3 is 0 Å². The predicted octanol–water partition coefficient (Wildman–Crippen LogP) is 1.13. The van der Waals surface area contributed by atoms with Gasteiger partial charge in [-0.3, -0.25) is 0 Å². The Hall–Kier alpha value is -1.76. The number of hydrogen-bond acceptors (Lipinski definition) is 4. The van der Waals surface area contributed by atoms with Gasteiger partial charge in [0.05, 0.1) is 11.4 Å². The monoisotopic (exact) mass is 313 g/mol. The quantitative estimate of drug-likeness (QED) is 0.463. The van der Waals surface area contributed by atoms with E-state index in [4.69, 9.17) is 10.5 Å². The van der Waals surface area contributed by atoms with E-state index in [1.807, 2.05) is 18.7 Å². The molecule has 0 aliphatic rings. The van der Waals surface area contributed by atoms with Crippen LogP contribution < -0.4 is 10.5 Å². The van der Waals surface area contributed by atoms with E-state index >= 15 is 0 Å². The number of sulfone groups is 1. The zero-order chi connectivity index (χ0) is 15.9. The highest BCUT2D eigenvalue weighted by atomic mass is 32.2. The lowest BCUT2D eigenvalue weighted by Crippen LogP contribution is -2.37. The summed E-state index contributed by atoms with van der Waals surface area (Å²) < 4.78 is 28.1. The second-order valence-electron chi connectivity index (χ2n) is 4.50. The summed E-state index contributed by atoms with van der Waals surface area (Å²) in [5.41, 5.74) is 5.84. The van der Waals surface area contributed by atoms with Crippen molar-refractivity contribution in [1.29, 1.82) is 0 Å². The largest absolute Gasteiger partial charge is 0.492 e. The van der Waals surface area contributed by atoms with Crippen molar-refractivity contribution in [2.75, 3.05) is 32.5 Å². The lowest BCUT2D eigenvalue weighted by atomic mass is 10.3. The maximum atomic E-state index is 11.3. The standard InChI is InChI=1S/C14H23N3O3S/c1-4-17(5-2)14(15)16-10-11-20-12-6-8-13(9-7-12)21(3,18)19/h6-9H,4-5,10-11H2,1-3H3,(H2,15,16). The normalized spacial score (nSPS) is 12.2. The maximum Gasteiger partial charge on any atom is 0.191 e. The first-order valence-electron chi connectivity index (χ1n) is 6.86. The Balaban J connectivity index is 2.48. The van der Waals surface area contributed by atoms with Crippen LogP contribution in [-0.2, 0) is 9.84 Å². The summed E-state index contributed by atoms with van der Waals surface area (Å²) in [6.07, 6.45) is 1.17. The lowest BCUT2D eigenvalue weighted by Gasteiger charge is -2.19. The van der Waals surface area contributed by atoms with E-state index in [-0.39, 0.29) is 4.90 Å². The van der Waals surface area contributed by atoms with Crippen molar-refractivity contribution >= 4 is 15.8 Å². The van der Waals surface area contributed by atoms with Crippen molar-refractivity contribution in [3.8, 4) is 5.75 Å². The molecule has 0 fully saturated rings. The Labute approximate surface area is 126 Å². The number of ether oxygens (including phenoxy) is 1. The average Bonchev–Trinajstić information content (AvgIpc) is 2.44. The number of aliphatic imine (C=N–C) groups is 1. The molecule has 0 heterocycles. The van der Waals surface area contributed by atoms with Crippen LogP contribution in [0.2, 0.25) is 0 Å². The second-order valence-corrected chi connectivity index (χ2v) is 6.52. The van der Waals surface area contributed by atoms with Crippen LogP contribution in [0.15, 0.2) is 34.2 Å². The van der Waals surface area contributed by atoms with E-state index in [9.17, 15) is 8.42 Å². The molecule has 118 valence electrons. The topological polar surface area (TPSA) is 85.0 Å². The molecule has 1 aromatic rings. The van der Waals surface area contributed by atoms with E-state index < -0.39 is 9.84 Å². The molecular weight excluding hydrogens is 290 g/mol. The molecule has 0 saturated carbocycles. The Morgan fingerprint density at radius 1 is 1.24 bits per heavy atom. The van der Waals surface area contributed by atoms with Crippen molar-refractivity contribution in [1.82, 2.24) is 4.90 Å². The summed E-state index contributed by atoms with van der Waals surface area (Å²) in [5, 5.41) is 0. The molecule has 2 N–H and O–H groups in total. The number of guanidine groups is 1. The molecule has 0 bridgehead atoms. The molecule has 0 unspecified atom stereocenters.